The summed E-state index contributed by atoms with van der Waals surface area (Å²) in [7, 11) is 0. The van der Waals surface area contributed by atoms with E-state index in [0.29, 0.717) is 12.2 Å². The smallest absolute Gasteiger partial charge is 0.251 e. The second-order valence-electron chi connectivity index (χ2n) is 10.3. The van der Waals surface area contributed by atoms with Crippen molar-refractivity contribution in [3.63, 3.8) is 0 Å². The fourth-order valence-corrected chi connectivity index (χ4v) is 5.83. The number of rotatable bonds is 4. The summed E-state index contributed by atoms with van der Waals surface area (Å²) in [5, 5.41) is 3.06. The molecule has 2 aromatic carbocycles. The van der Waals surface area contributed by atoms with Crippen LogP contribution in [0.25, 0.3) is 11.1 Å². The minimum atomic E-state index is -0.0236. The maximum absolute atomic E-state index is 12.5. The molecule has 174 valence electrons. The van der Waals surface area contributed by atoms with Crippen LogP contribution in [0.3, 0.4) is 0 Å². The molecule has 0 radical (unpaired) electrons. The Bertz CT molecular complexity index is 1000. The number of likely N-dealkylation sites (tertiary alicyclic amines) is 1. The van der Waals surface area contributed by atoms with Crippen molar-refractivity contribution in [2.45, 2.75) is 69.1 Å². The largest absolute Gasteiger partial charge is 0.487 e. The fraction of sp³-hybridized carbons (Fsp3) is 0.536. The monoisotopic (exact) mass is 446 g/mol. The van der Waals surface area contributed by atoms with Gasteiger partial charge in [-0.2, -0.15) is 0 Å². The summed E-state index contributed by atoms with van der Waals surface area (Å²) in [5.41, 5.74) is 4.36. The van der Waals surface area contributed by atoms with Crippen molar-refractivity contribution >= 4 is 5.91 Å². The number of nitrogens with one attached hydrogen (secondary N) is 1. The number of piperidine rings is 1. The molecule has 0 unspecified atom stereocenters. The first-order valence-electron chi connectivity index (χ1n) is 12.7. The van der Waals surface area contributed by atoms with Crippen LogP contribution < -0.4 is 10.1 Å². The Labute approximate surface area is 196 Å². The number of amides is 1. The average molecular weight is 447 g/mol. The Hall–Kier alpha value is -2.37. The lowest BCUT2D eigenvalue weighted by molar-refractivity contribution is -0.0336. The number of fused-ring (bicyclic) bond motifs is 1. The summed E-state index contributed by atoms with van der Waals surface area (Å²) < 4.78 is 12.0. The molecule has 0 aromatic heterocycles. The van der Waals surface area contributed by atoms with Gasteiger partial charge >= 0.3 is 0 Å². The summed E-state index contributed by atoms with van der Waals surface area (Å²) in [6, 6.07) is 15.5. The summed E-state index contributed by atoms with van der Waals surface area (Å²) in [6.45, 7) is 3.71. The van der Waals surface area contributed by atoms with Gasteiger partial charge in [-0.1, -0.05) is 24.6 Å². The number of hydrogen-bond donors (Lipinski definition) is 1. The maximum atomic E-state index is 12.5. The molecule has 33 heavy (non-hydrogen) atoms. The number of ether oxygens (including phenoxy) is 2. The first kappa shape index (κ1) is 21.2. The highest BCUT2D eigenvalue weighted by atomic mass is 16.5. The first-order valence-corrected chi connectivity index (χ1v) is 12.7. The molecule has 3 heterocycles. The standard InChI is InChI=1S/C28H34N2O3/c31-27(29-24-11-17-32-19-24)21-6-4-20(5-7-21)22-8-9-26-23(18-22)10-12-28(33-26)13-15-30(16-14-28)25-2-1-3-25/h4-9,18,24-25H,1-3,10-17,19H2,(H,29,31)/t24-/m0/s1. The Morgan fingerprint density at radius 2 is 1.76 bits per heavy atom. The molecule has 3 aliphatic heterocycles. The van der Waals surface area contributed by atoms with E-state index in [1.54, 1.807) is 0 Å². The molecule has 3 fully saturated rings. The zero-order chi connectivity index (χ0) is 22.3. The molecule has 0 bridgehead atoms. The van der Waals surface area contributed by atoms with Gasteiger partial charge in [0, 0.05) is 31.3 Å². The molecule has 1 atom stereocenters. The SMILES string of the molecule is O=C(N[C@H]1CCOC1)c1ccc(-c2ccc3c(c2)CCC2(CCN(C4CCC4)CC2)O3)cc1. The number of benzene rings is 2. The van der Waals surface area contributed by atoms with Crippen LogP contribution in [0.4, 0.5) is 0 Å². The van der Waals surface area contributed by atoms with Crippen molar-refractivity contribution in [3.8, 4) is 16.9 Å². The Kier molecular flexibility index (Phi) is 5.63. The summed E-state index contributed by atoms with van der Waals surface area (Å²) in [5.74, 6) is 1.04. The first-order chi connectivity index (χ1) is 16.2. The third-order valence-corrected chi connectivity index (χ3v) is 8.28. The Balaban J connectivity index is 1.11. The van der Waals surface area contributed by atoms with Gasteiger partial charge in [0.2, 0.25) is 0 Å². The van der Waals surface area contributed by atoms with Crippen LogP contribution in [0.15, 0.2) is 42.5 Å². The van der Waals surface area contributed by atoms with Crippen LogP contribution in [-0.4, -0.2) is 54.8 Å². The van der Waals surface area contributed by atoms with Gasteiger partial charge in [-0.3, -0.25) is 4.79 Å². The molecule has 5 heteroatoms. The van der Waals surface area contributed by atoms with Crippen molar-refractivity contribution in [2.24, 2.45) is 0 Å². The molecule has 1 N–H and O–H groups in total. The fourth-order valence-electron chi connectivity index (χ4n) is 5.83. The van der Waals surface area contributed by atoms with Crippen molar-refractivity contribution in [1.29, 1.82) is 0 Å². The number of aryl methyl sites for hydroxylation is 1. The maximum Gasteiger partial charge on any atom is 0.251 e. The summed E-state index contributed by atoms with van der Waals surface area (Å²) >= 11 is 0. The highest BCUT2D eigenvalue weighted by Crippen LogP contribution is 2.42. The van der Waals surface area contributed by atoms with Crippen LogP contribution in [0, 0.1) is 0 Å². The number of carbonyl (C=O) groups excluding carboxylic acids is 1. The number of nitrogens with zero attached hydrogens (tertiary/aromatic N) is 1. The van der Waals surface area contributed by atoms with E-state index in [9.17, 15) is 4.79 Å². The van der Waals surface area contributed by atoms with Crippen molar-refractivity contribution in [2.75, 3.05) is 26.3 Å². The lowest BCUT2D eigenvalue weighted by atomic mass is 9.81. The number of carbonyl (C=O) groups is 1. The van der Waals surface area contributed by atoms with Crippen molar-refractivity contribution in [1.82, 2.24) is 10.2 Å². The zero-order valence-corrected chi connectivity index (χ0v) is 19.4. The molecule has 4 aliphatic rings. The molecule has 1 amide bonds. The van der Waals surface area contributed by atoms with Gasteiger partial charge in [0.1, 0.15) is 11.4 Å². The molecule has 1 saturated carbocycles. The van der Waals surface area contributed by atoms with Crippen molar-refractivity contribution < 1.29 is 14.3 Å². The predicted octanol–water partition coefficient (Wildman–Crippen LogP) is 4.58. The second kappa shape index (κ2) is 8.77. The zero-order valence-electron chi connectivity index (χ0n) is 19.4. The van der Waals surface area contributed by atoms with Gasteiger partial charge in [0.25, 0.3) is 5.91 Å². The van der Waals surface area contributed by atoms with E-state index >= 15 is 0 Å². The van der Waals surface area contributed by atoms with Gasteiger partial charge in [0.05, 0.1) is 12.6 Å². The molecule has 1 aliphatic carbocycles. The van der Waals surface area contributed by atoms with Gasteiger partial charge in [-0.05, 0) is 85.9 Å². The third-order valence-electron chi connectivity index (χ3n) is 8.28. The van der Waals surface area contributed by atoms with E-state index in [1.807, 2.05) is 24.3 Å². The Morgan fingerprint density at radius 1 is 0.970 bits per heavy atom. The summed E-state index contributed by atoms with van der Waals surface area (Å²) in [4.78, 5) is 15.2. The van der Waals surface area contributed by atoms with Crippen LogP contribution in [0.1, 0.15) is 60.9 Å². The van der Waals surface area contributed by atoms with E-state index in [2.05, 4.69) is 28.4 Å². The molecule has 6 rings (SSSR count). The second-order valence-corrected chi connectivity index (χ2v) is 10.3. The molecular formula is C28H34N2O3. The van der Waals surface area contributed by atoms with Crippen LogP contribution in [-0.2, 0) is 11.2 Å². The summed E-state index contributed by atoms with van der Waals surface area (Å²) in [6.07, 6.45) is 9.58. The van der Waals surface area contributed by atoms with Crippen LogP contribution in [0.5, 0.6) is 5.75 Å². The van der Waals surface area contributed by atoms with Gasteiger partial charge in [-0.25, -0.2) is 0 Å². The van der Waals surface area contributed by atoms with E-state index in [0.717, 1.165) is 56.1 Å². The number of hydrogen-bond acceptors (Lipinski definition) is 4. The van der Waals surface area contributed by atoms with Crippen molar-refractivity contribution in [3.05, 3.63) is 53.6 Å². The molecule has 1 spiro atoms. The topological polar surface area (TPSA) is 50.8 Å². The lowest BCUT2D eigenvalue weighted by Crippen LogP contribution is -2.53. The molecule has 2 saturated heterocycles. The minimum Gasteiger partial charge on any atom is -0.487 e. The van der Waals surface area contributed by atoms with E-state index in [1.165, 1.54) is 43.5 Å². The highest BCUT2D eigenvalue weighted by molar-refractivity contribution is 5.94. The molecular weight excluding hydrogens is 412 g/mol. The molecule has 2 aromatic rings. The molecule has 5 nitrogen and oxygen atoms in total. The third kappa shape index (κ3) is 4.29. The highest BCUT2D eigenvalue weighted by Gasteiger charge is 2.41. The van der Waals surface area contributed by atoms with E-state index in [-0.39, 0.29) is 17.6 Å². The predicted molar refractivity (Wildman–Crippen MR) is 129 cm³/mol. The van der Waals surface area contributed by atoms with Gasteiger partial charge < -0.3 is 19.7 Å². The van der Waals surface area contributed by atoms with E-state index in [4.69, 9.17) is 9.47 Å². The van der Waals surface area contributed by atoms with Gasteiger partial charge in [0.15, 0.2) is 0 Å². The lowest BCUT2D eigenvalue weighted by Gasteiger charge is -2.48. The minimum absolute atomic E-state index is 0.0236. The quantitative estimate of drug-likeness (QED) is 0.747. The normalized spacial score (nSPS) is 24.7. The van der Waals surface area contributed by atoms with Crippen LogP contribution in [0.2, 0.25) is 0 Å². The Morgan fingerprint density at radius 3 is 2.45 bits per heavy atom. The van der Waals surface area contributed by atoms with Crippen LogP contribution >= 0.6 is 0 Å². The average Bonchev–Trinajstić information content (AvgIpc) is 3.32. The van der Waals surface area contributed by atoms with E-state index < -0.39 is 0 Å². The van der Waals surface area contributed by atoms with Gasteiger partial charge in [-0.15, -0.1) is 0 Å².